The number of carbonyl (C=O) groups is 1. The smallest absolute Gasteiger partial charge is 0.268 e. The number of fused-ring (bicyclic) bond motifs is 1. The van der Waals surface area contributed by atoms with Crippen molar-refractivity contribution in [1.29, 1.82) is 0 Å². The van der Waals surface area contributed by atoms with Gasteiger partial charge in [0, 0.05) is 28.9 Å². The summed E-state index contributed by atoms with van der Waals surface area (Å²) < 4.78 is 10.9. The van der Waals surface area contributed by atoms with Crippen LogP contribution in [-0.2, 0) is 0 Å². The van der Waals surface area contributed by atoms with Crippen LogP contribution in [0, 0.1) is 6.92 Å². The summed E-state index contributed by atoms with van der Waals surface area (Å²) >= 11 is 0. The van der Waals surface area contributed by atoms with E-state index >= 15 is 0 Å². The lowest BCUT2D eigenvalue weighted by atomic mass is 10.1. The van der Waals surface area contributed by atoms with Crippen molar-refractivity contribution < 1.29 is 14.1 Å². The maximum atomic E-state index is 12.8. The highest BCUT2D eigenvalue weighted by atomic mass is 16.5. The van der Waals surface area contributed by atoms with Crippen molar-refractivity contribution in [3.05, 3.63) is 59.9 Å². The quantitative estimate of drug-likeness (QED) is 0.518. The summed E-state index contributed by atoms with van der Waals surface area (Å²) in [7, 11) is 0. The maximum Gasteiger partial charge on any atom is 0.268 e. The molecule has 0 unspecified atom stereocenters. The summed E-state index contributed by atoms with van der Waals surface area (Å²) in [6.45, 7) is 6.22. The molecule has 0 radical (unpaired) electrons. The lowest BCUT2D eigenvalue weighted by molar-refractivity contribution is 0.0927. The van der Waals surface area contributed by atoms with Gasteiger partial charge >= 0.3 is 0 Å². The average Bonchev–Trinajstić information content (AvgIpc) is 3.35. The fraction of sp³-hybridized carbons (Fsp3) is 0.238. The minimum atomic E-state index is -0.454. The molecule has 1 atom stereocenters. The SMILES string of the molecule is CCOc1ccc2[nH]c(C(=O)N[C@H](C)c3nc(-c4cccnc4)no3)c(C)c2c1. The molecule has 1 amide bonds. The fourth-order valence-corrected chi connectivity index (χ4v) is 3.14. The maximum absolute atomic E-state index is 12.8. The van der Waals surface area contributed by atoms with Crippen molar-refractivity contribution in [2.24, 2.45) is 0 Å². The van der Waals surface area contributed by atoms with Crippen molar-refractivity contribution in [3.63, 3.8) is 0 Å². The van der Waals surface area contributed by atoms with Gasteiger partial charge in [-0.1, -0.05) is 5.16 Å². The van der Waals surface area contributed by atoms with Gasteiger partial charge in [0.25, 0.3) is 5.91 Å². The molecule has 4 aromatic rings. The number of aryl methyl sites for hydroxylation is 1. The normalized spacial score (nSPS) is 12.1. The van der Waals surface area contributed by atoms with Crippen LogP contribution < -0.4 is 10.1 Å². The predicted octanol–water partition coefficient (Wildman–Crippen LogP) is 3.81. The molecule has 0 bridgehead atoms. The Morgan fingerprint density at radius 1 is 1.34 bits per heavy atom. The van der Waals surface area contributed by atoms with Gasteiger partial charge in [-0.15, -0.1) is 0 Å². The van der Waals surface area contributed by atoms with Crippen LogP contribution in [0.3, 0.4) is 0 Å². The van der Waals surface area contributed by atoms with Gasteiger partial charge in [-0.25, -0.2) is 0 Å². The second-order valence-electron chi connectivity index (χ2n) is 6.66. The van der Waals surface area contributed by atoms with E-state index in [9.17, 15) is 4.79 Å². The molecule has 1 aromatic carbocycles. The van der Waals surface area contributed by atoms with Crippen LogP contribution in [-0.4, -0.2) is 32.6 Å². The molecule has 29 heavy (non-hydrogen) atoms. The molecule has 3 heterocycles. The van der Waals surface area contributed by atoms with Crippen molar-refractivity contribution in [3.8, 4) is 17.1 Å². The summed E-state index contributed by atoms with van der Waals surface area (Å²) in [6.07, 6.45) is 3.33. The van der Waals surface area contributed by atoms with Gasteiger partial charge in [0.1, 0.15) is 17.5 Å². The van der Waals surface area contributed by atoms with E-state index in [2.05, 4.69) is 25.4 Å². The number of hydrogen-bond acceptors (Lipinski definition) is 6. The number of carbonyl (C=O) groups excluding carboxylic acids is 1. The third kappa shape index (κ3) is 3.69. The molecule has 0 fully saturated rings. The summed E-state index contributed by atoms with van der Waals surface area (Å²) in [4.78, 5) is 24.4. The van der Waals surface area contributed by atoms with Gasteiger partial charge in [0.2, 0.25) is 11.7 Å². The molecule has 148 valence electrons. The number of ether oxygens (including phenoxy) is 1. The van der Waals surface area contributed by atoms with Crippen molar-refractivity contribution in [2.75, 3.05) is 6.61 Å². The molecular formula is C21H21N5O3. The van der Waals surface area contributed by atoms with Crippen LogP contribution >= 0.6 is 0 Å². The number of aromatic amines is 1. The first-order valence-electron chi connectivity index (χ1n) is 9.36. The fourth-order valence-electron chi connectivity index (χ4n) is 3.14. The van der Waals surface area contributed by atoms with Crippen LogP contribution in [0.5, 0.6) is 5.75 Å². The van der Waals surface area contributed by atoms with E-state index in [-0.39, 0.29) is 5.91 Å². The lowest BCUT2D eigenvalue weighted by Gasteiger charge is -2.09. The van der Waals surface area contributed by atoms with Crippen LogP contribution in [0.1, 0.15) is 41.8 Å². The molecule has 2 N–H and O–H groups in total. The molecule has 8 heteroatoms. The monoisotopic (exact) mass is 391 g/mol. The third-order valence-electron chi connectivity index (χ3n) is 4.65. The summed E-state index contributed by atoms with van der Waals surface area (Å²) in [5.41, 5.74) is 2.97. The molecule has 0 aliphatic heterocycles. The van der Waals surface area contributed by atoms with E-state index in [0.717, 1.165) is 27.8 Å². The lowest BCUT2D eigenvalue weighted by Crippen LogP contribution is -2.27. The highest BCUT2D eigenvalue weighted by Crippen LogP contribution is 2.26. The Hall–Kier alpha value is -3.68. The molecule has 0 aliphatic rings. The number of hydrogen-bond donors (Lipinski definition) is 2. The zero-order chi connectivity index (χ0) is 20.4. The van der Waals surface area contributed by atoms with E-state index in [4.69, 9.17) is 9.26 Å². The Bertz CT molecular complexity index is 1150. The van der Waals surface area contributed by atoms with Gasteiger partial charge < -0.3 is 19.6 Å². The Balaban J connectivity index is 1.53. The summed E-state index contributed by atoms with van der Waals surface area (Å²) in [5, 5.41) is 7.82. The third-order valence-corrected chi connectivity index (χ3v) is 4.65. The Morgan fingerprint density at radius 3 is 2.97 bits per heavy atom. The molecule has 0 aliphatic carbocycles. The average molecular weight is 391 g/mol. The number of nitrogens with zero attached hydrogens (tertiary/aromatic N) is 3. The molecule has 8 nitrogen and oxygen atoms in total. The number of amides is 1. The zero-order valence-electron chi connectivity index (χ0n) is 16.4. The number of benzene rings is 1. The summed E-state index contributed by atoms with van der Waals surface area (Å²) in [6, 6.07) is 8.91. The van der Waals surface area contributed by atoms with Crippen LogP contribution in [0.2, 0.25) is 0 Å². The van der Waals surface area contributed by atoms with E-state index in [1.165, 1.54) is 0 Å². The number of aromatic nitrogens is 4. The Labute approximate surface area is 167 Å². The van der Waals surface area contributed by atoms with Gasteiger partial charge in [0.05, 0.1) is 6.61 Å². The first-order valence-corrected chi connectivity index (χ1v) is 9.36. The summed E-state index contributed by atoms with van der Waals surface area (Å²) in [5.74, 6) is 1.28. The van der Waals surface area contributed by atoms with Gasteiger partial charge in [-0.05, 0) is 56.7 Å². The van der Waals surface area contributed by atoms with Crippen molar-refractivity contribution >= 4 is 16.8 Å². The van der Waals surface area contributed by atoms with Gasteiger partial charge in [-0.2, -0.15) is 4.98 Å². The van der Waals surface area contributed by atoms with E-state index in [1.54, 1.807) is 25.4 Å². The number of nitrogens with one attached hydrogen (secondary N) is 2. The molecule has 4 rings (SSSR count). The van der Waals surface area contributed by atoms with Crippen LogP contribution in [0.25, 0.3) is 22.3 Å². The topological polar surface area (TPSA) is 106 Å². The molecular weight excluding hydrogens is 370 g/mol. The van der Waals surface area contributed by atoms with E-state index in [0.29, 0.717) is 24.0 Å². The highest BCUT2D eigenvalue weighted by Gasteiger charge is 2.21. The second kappa shape index (κ2) is 7.75. The highest BCUT2D eigenvalue weighted by molar-refractivity contribution is 6.01. The van der Waals surface area contributed by atoms with Crippen LogP contribution in [0.4, 0.5) is 0 Å². The van der Waals surface area contributed by atoms with Gasteiger partial charge in [-0.3, -0.25) is 9.78 Å². The molecule has 0 spiro atoms. The molecule has 3 aromatic heterocycles. The van der Waals surface area contributed by atoms with Crippen molar-refractivity contribution in [2.45, 2.75) is 26.8 Å². The first kappa shape index (κ1) is 18.7. The number of rotatable bonds is 6. The second-order valence-corrected chi connectivity index (χ2v) is 6.66. The van der Waals surface area contributed by atoms with E-state index in [1.807, 2.05) is 38.1 Å². The Morgan fingerprint density at radius 2 is 2.21 bits per heavy atom. The molecule has 0 saturated carbocycles. The van der Waals surface area contributed by atoms with Gasteiger partial charge in [0.15, 0.2) is 0 Å². The Kier molecular flexibility index (Phi) is 4.99. The number of pyridine rings is 1. The van der Waals surface area contributed by atoms with Crippen molar-refractivity contribution in [1.82, 2.24) is 25.4 Å². The minimum Gasteiger partial charge on any atom is -0.494 e. The zero-order valence-corrected chi connectivity index (χ0v) is 16.4. The standard InChI is InChI=1S/C21H21N5O3/c1-4-28-15-7-8-17-16(10-15)12(2)18(24-17)20(27)23-13(3)21-25-19(26-29-21)14-6-5-9-22-11-14/h5-11,13,24H,4H2,1-3H3,(H,23,27)/t13-/m1/s1. The minimum absolute atomic E-state index is 0.245. The van der Waals surface area contributed by atoms with E-state index < -0.39 is 6.04 Å². The predicted molar refractivity (Wildman–Crippen MR) is 108 cm³/mol. The number of H-pyrrole nitrogens is 1. The largest absolute Gasteiger partial charge is 0.494 e. The van der Waals surface area contributed by atoms with Crippen LogP contribution in [0.15, 0.2) is 47.2 Å². The molecule has 0 saturated heterocycles. The first-order chi connectivity index (χ1) is 14.1.